The van der Waals surface area contributed by atoms with Gasteiger partial charge in [0.05, 0.1) is 12.5 Å². The summed E-state index contributed by atoms with van der Waals surface area (Å²) >= 11 is 0. The van der Waals surface area contributed by atoms with E-state index in [9.17, 15) is 62.6 Å². The van der Waals surface area contributed by atoms with Crippen LogP contribution >= 0.6 is 0 Å². The molecule has 1 heterocycles. The van der Waals surface area contributed by atoms with Crippen molar-refractivity contribution in [3.63, 3.8) is 0 Å². The molecule has 1 fully saturated rings. The fraction of sp³-hybridized carbons (Fsp3) is 0.647. The van der Waals surface area contributed by atoms with Crippen LogP contribution in [0.4, 0.5) is 0 Å². The first-order chi connectivity index (χ1) is 26.6. The Morgan fingerprint density at radius 1 is 0.702 bits per heavy atom. The summed E-state index contributed by atoms with van der Waals surface area (Å²) in [5.41, 5.74) is 5.39. The lowest BCUT2D eigenvalue weighted by atomic mass is 10.0. The fourth-order valence-electron chi connectivity index (χ4n) is 5.77. The Morgan fingerprint density at radius 2 is 1.25 bits per heavy atom. The number of nitrogens with zero attached hydrogens (tertiary/aromatic N) is 1. The van der Waals surface area contributed by atoms with E-state index in [0.29, 0.717) is 6.42 Å². The molecule has 57 heavy (non-hydrogen) atoms. The number of carbonyl (C=O) groups is 12. The van der Waals surface area contributed by atoms with Gasteiger partial charge in [-0.15, -0.1) is 0 Å². The van der Waals surface area contributed by atoms with Gasteiger partial charge in [-0.05, 0) is 38.0 Å². The SMILES string of the molecule is CCCC(NC(=O)C1CCCN1C(=O)C(CC(N)=O)NC(=O)C(NC(=O)C(CCC(=O)O)NC(=O)C(CCC(=O)O)NC(C)=O)C(C)C)C(=O)C(=O)NCC(=O)O. The quantitative estimate of drug-likeness (QED) is 0.0396. The number of rotatable bonds is 25. The lowest BCUT2D eigenvalue weighted by Gasteiger charge is -2.31. The Hall–Kier alpha value is -6.16. The number of carboxylic acid groups (broad SMARTS) is 3. The number of hydrogen-bond acceptors (Lipinski definition) is 12. The maximum Gasteiger partial charge on any atom is 0.322 e. The lowest BCUT2D eigenvalue weighted by Crippen LogP contribution is -2.61. The van der Waals surface area contributed by atoms with E-state index in [0.717, 1.165) is 11.8 Å². The minimum atomic E-state index is -1.67. The standard InChI is InChI=1S/C34H52N8O15/c1-5-7-18(28(51)33(56)36-15-26(49)50)38-31(54)22-8-6-13-42(22)34(57)21(14-23(35)44)40-32(55)27(16(2)3)41-30(53)20(10-12-25(47)48)39-29(52)19(37-17(4)43)9-11-24(45)46/h16,18-22,27H,5-15H2,1-4H3,(H2,35,44)(H,36,56)(H,37,43)(H,38,54)(H,39,52)(H,40,55)(H,41,53)(H,45,46)(H,47,48)(H,49,50). The Labute approximate surface area is 326 Å². The van der Waals surface area contributed by atoms with E-state index in [4.69, 9.17) is 15.9 Å². The van der Waals surface area contributed by atoms with Gasteiger partial charge in [0.1, 0.15) is 36.8 Å². The van der Waals surface area contributed by atoms with Crippen molar-refractivity contribution in [2.24, 2.45) is 11.7 Å². The summed E-state index contributed by atoms with van der Waals surface area (Å²) in [4.78, 5) is 150. The number of carbonyl (C=O) groups excluding carboxylic acids is 9. The molecule has 1 aliphatic rings. The summed E-state index contributed by atoms with van der Waals surface area (Å²) in [5, 5.41) is 40.7. The molecule has 0 aliphatic carbocycles. The first kappa shape index (κ1) is 48.9. The zero-order valence-electron chi connectivity index (χ0n) is 32.1. The largest absolute Gasteiger partial charge is 0.481 e. The van der Waals surface area contributed by atoms with Crippen molar-refractivity contribution in [2.75, 3.05) is 13.1 Å². The monoisotopic (exact) mass is 812 g/mol. The van der Waals surface area contributed by atoms with E-state index in [1.807, 2.05) is 5.32 Å². The zero-order valence-corrected chi connectivity index (χ0v) is 32.1. The van der Waals surface area contributed by atoms with E-state index in [1.54, 1.807) is 6.92 Å². The molecule has 0 bridgehead atoms. The lowest BCUT2D eigenvalue weighted by molar-refractivity contribution is -0.145. The van der Waals surface area contributed by atoms with E-state index < -0.39 is 145 Å². The number of likely N-dealkylation sites (tertiary alicyclic amines) is 1. The van der Waals surface area contributed by atoms with Crippen LogP contribution in [0, 0.1) is 5.92 Å². The minimum absolute atomic E-state index is 0.00411. The summed E-state index contributed by atoms with van der Waals surface area (Å²) < 4.78 is 0. The minimum Gasteiger partial charge on any atom is -0.481 e. The van der Waals surface area contributed by atoms with Gasteiger partial charge < -0.3 is 57.9 Å². The number of carboxylic acids is 3. The van der Waals surface area contributed by atoms with Crippen LogP contribution in [0.3, 0.4) is 0 Å². The summed E-state index contributed by atoms with van der Waals surface area (Å²) in [6.07, 6.45) is -2.12. The summed E-state index contributed by atoms with van der Waals surface area (Å²) in [7, 11) is 0. The highest BCUT2D eigenvalue weighted by atomic mass is 16.4. The van der Waals surface area contributed by atoms with Crippen LogP contribution in [-0.4, -0.2) is 141 Å². The molecule has 0 radical (unpaired) electrons. The van der Waals surface area contributed by atoms with Crippen LogP contribution in [0.2, 0.25) is 0 Å². The second-order valence-electron chi connectivity index (χ2n) is 13.6. The maximum atomic E-state index is 13.8. The molecule has 0 saturated carbocycles. The maximum absolute atomic E-state index is 13.8. The van der Waals surface area contributed by atoms with E-state index in [-0.39, 0.29) is 32.2 Å². The van der Waals surface area contributed by atoms with Crippen LogP contribution in [0.5, 0.6) is 0 Å². The van der Waals surface area contributed by atoms with Gasteiger partial charge in [0, 0.05) is 26.3 Å². The molecular formula is C34H52N8O15. The van der Waals surface area contributed by atoms with Crippen LogP contribution in [-0.2, 0) is 57.5 Å². The number of ketones is 1. The Bertz CT molecular complexity index is 1570. The molecule has 0 spiro atoms. The van der Waals surface area contributed by atoms with Gasteiger partial charge in [-0.3, -0.25) is 57.5 Å². The first-order valence-electron chi connectivity index (χ1n) is 18.1. The topological polar surface area (TPSA) is 367 Å². The molecule has 1 aliphatic heterocycles. The molecule has 6 atom stereocenters. The highest BCUT2D eigenvalue weighted by molar-refractivity contribution is 6.38. The van der Waals surface area contributed by atoms with Gasteiger partial charge in [0.15, 0.2) is 0 Å². The van der Waals surface area contributed by atoms with Gasteiger partial charge in [-0.25, -0.2) is 0 Å². The van der Waals surface area contributed by atoms with Crippen LogP contribution in [0.15, 0.2) is 0 Å². The Morgan fingerprint density at radius 3 is 1.74 bits per heavy atom. The average molecular weight is 813 g/mol. The van der Waals surface area contributed by atoms with Gasteiger partial charge >= 0.3 is 17.9 Å². The highest BCUT2D eigenvalue weighted by Crippen LogP contribution is 2.20. The van der Waals surface area contributed by atoms with Crippen molar-refractivity contribution < 1.29 is 72.9 Å². The second kappa shape index (κ2) is 23.7. The van der Waals surface area contributed by atoms with E-state index in [1.165, 1.54) is 13.8 Å². The van der Waals surface area contributed by atoms with Crippen molar-refractivity contribution in [3.8, 4) is 0 Å². The third-order valence-corrected chi connectivity index (χ3v) is 8.56. The third kappa shape index (κ3) is 17.0. The summed E-state index contributed by atoms with van der Waals surface area (Å²) in [6.45, 7) is 4.85. The highest BCUT2D eigenvalue weighted by Gasteiger charge is 2.41. The van der Waals surface area contributed by atoms with Crippen molar-refractivity contribution in [3.05, 3.63) is 0 Å². The molecule has 0 aromatic heterocycles. The molecule has 1 saturated heterocycles. The smallest absolute Gasteiger partial charge is 0.322 e. The first-order valence-corrected chi connectivity index (χ1v) is 18.1. The summed E-state index contributed by atoms with van der Waals surface area (Å²) in [6, 6.07) is -8.77. The van der Waals surface area contributed by atoms with Gasteiger partial charge in [0.25, 0.3) is 5.91 Å². The zero-order chi connectivity index (χ0) is 43.6. The van der Waals surface area contributed by atoms with Crippen molar-refractivity contribution in [2.45, 2.75) is 122 Å². The van der Waals surface area contributed by atoms with Gasteiger partial charge in [-0.2, -0.15) is 0 Å². The van der Waals surface area contributed by atoms with Crippen LogP contribution < -0.4 is 37.6 Å². The van der Waals surface area contributed by atoms with Crippen molar-refractivity contribution >= 4 is 70.9 Å². The van der Waals surface area contributed by atoms with E-state index >= 15 is 0 Å². The fourth-order valence-corrected chi connectivity index (χ4v) is 5.77. The van der Waals surface area contributed by atoms with Crippen molar-refractivity contribution in [1.29, 1.82) is 0 Å². The number of primary amides is 1. The molecule has 11 N–H and O–H groups in total. The molecule has 0 aromatic carbocycles. The summed E-state index contributed by atoms with van der Waals surface area (Å²) in [5.74, 6) is -13.7. The van der Waals surface area contributed by atoms with Crippen molar-refractivity contribution in [1.82, 2.24) is 36.8 Å². The molecule has 8 amide bonds. The molecule has 23 heteroatoms. The normalized spacial score (nSPS) is 16.1. The molecule has 6 unspecified atom stereocenters. The van der Waals surface area contributed by atoms with Gasteiger partial charge in [-0.1, -0.05) is 27.2 Å². The predicted octanol–water partition coefficient (Wildman–Crippen LogP) is -3.75. The van der Waals surface area contributed by atoms with Crippen LogP contribution in [0.1, 0.15) is 85.5 Å². The van der Waals surface area contributed by atoms with E-state index in [2.05, 4.69) is 26.6 Å². The third-order valence-electron chi connectivity index (χ3n) is 8.56. The van der Waals surface area contributed by atoms with Crippen LogP contribution in [0.25, 0.3) is 0 Å². The number of amides is 8. The predicted molar refractivity (Wildman–Crippen MR) is 193 cm³/mol. The number of Topliss-reactive ketones (excluding diaryl/α,β-unsaturated/α-hetero) is 1. The second-order valence-corrected chi connectivity index (χ2v) is 13.6. The Kier molecular flexibility index (Phi) is 20.3. The molecule has 1 rings (SSSR count). The molecule has 23 nitrogen and oxygen atoms in total. The van der Waals surface area contributed by atoms with Gasteiger partial charge in [0.2, 0.25) is 47.1 Å². The average Bonchev–Trinajstić information content (AvgIpc) is 3.61. The number of hydrogen-bond donors (Lipinski definition) is 10. The number of aliphatic carboxylic acids is 3. The Balaban J connectivity index is 3.27. The number of nitrogens with two attached hydrogens (primary N) is 1. The molecular weight excluding hydrogens is 760 g/mol. The molecule has 0 aromatic rings. The number of nitrogens with one attached hydrogen (secondary N) is 6. The molecule has 318 valence electrons.